The molecule has 0 spiro atoms. The van der Waals surface area contributed by atoms with Crippen molar-refractivity contribution in [3.8, 4) is 0 Å². The second-order valence-electron chi connectivity index (χ2n) is 11.3. The van der Waals surface area contributed by atoms with Gasteiger partial charge in [0.15, 0.2) is 12.1 Å². The predicted octanol–water partition coefficient (Wildman–Crippen LogP) is 6.07. The summed E-state index contributed by atoms with van der Waals surface area (Å²) >= 11 is 0. The van der Waals surface area contributed by atoms with Crippen LogP contribution in [0.15, 0.2) is 11.6 Å². The number of hydrogen-bond donors (Lipinski definition) is 0. The number of ether oxygens (including phenoxy) is 2. The fourth-order valence-corrected chi connectivity index (χ4v) is 8.52. The van der Waals surface area contributed by atoms with Crippen LogP contribution in [-0.2, 0) is 14.3 Å². The Morgan fingerprint density at radius 1 is 1.03 bits per heavy atom. The minimum atomic E-state index is 0.0267. The summed E-state index contributed by atoms with van der Waals surface area (Å²) in [6.07, 6.45) is 15.5. The zero-order valence-electron chi connectivity index (χ0n) is 18.8. The van der Waals surface area contributed by atoms with E-state index in [-0.39, 0.29) is 11.7 Å². The molecular formula is C26H40O3. The van der Waals surface area contributed by atoms with Crippen LogP contribution in [0, 0.1) is 34.5 Å². The van der Waals surface area contributed by atoms with Crippen molar-refractivity contribution in [3.63, 3.8) is 0 Å². The Morgan fingerprint density at radius 2 is 1.90 bits per heavy atom. The third-order valence-electron chi connectivity index (χ3n) is 10.1. The highest BCUT2D eigenvalue weighted by Gasteiger charge is 2.59. The van der Waals surface area contributed by atoms with Crippen LogP contribution in [0.5, 0.6) is 0 Å². The first-order valence-electron chi connectivity index (χ1n) is 12.4. The largest absolute Gasteiger partial charge is 0.353 e. The monoisotopic (exact) mass is 400 g/mol. The first kappa shape index (κ1) is 20.2. The maximum atomic E-state index is 12.0. The van der Waals surface area contributed by atoms with Crippen molar-refractivity contribution in [3.05, 3.63) is 11.6 Å². The van der Waals surface area contributed by atoms with Crippen LogP contribution in [-0.4, -0.2) is 24.8 Å². The van der Waals surface area contributed by atoms with E-state index in [0.29, 0.717) is 23.2 Å². The van der Waals surface area contributed by atoms with Gasteiger partial charge >= 0.3 is 0 Å². The van der Waals surface area contributed by atoms with Crippen molar-refractivity contribution >= 4 is 5.78 Å². The van der Waals surface area contributed by atoms with Gasteiger partial charge in [0, 0.05) is 13.0 Å². The Labute approximate surface area is 177 Å². The van der Waals surface area contributed by atoms with Crippen LogP contribution in [0.1, 0.15) is 91.4 Å². The quantitative estimate of drug-likeness (QED) is 0.577. The predicted molar refractivity (Wildman–Crippen MR) is 114 cm³/mol. The van der Waals surface area contributed by atoms with Crippen LogP contribution in [0.4, 0.5) is 0 Å². The molecule has 0 bridgehead atoms. The van der Waals surface area contributed by atoms with Gasteiger partial charge in [0.1, 0.15) is 0 Å². The van der Waals surface area contributed by atoms with E-state index in [1.54, 1.807) is 0 Å². The summed E-state index contributed by atoms with van der Waals surface area (Å²) in [5.74, 6) is 3.49. The van der Waals surface area contributed by atoms with Crippen LogP contribution in [0.3, 0.4) is 0 Å². The summed E-state index contributed by atoms with van der Waals surface area (Å²) in [4.78, 5) is 12.0. The molecule has 0 N–H and O–H groups in total. The van der Waals surface area contributed by atoms with Gasteiger partial charge in [-0.3, -0.25) is 4.79 Å². The lowest BCUT2D eigenvalue weighted by atomic mass is 9.46. The first-order chi connectivity index (χ1) is 13.9. The molecule has 0 aromatic rings. The molecule has 4 aliphatic carbocycles. The molecule has 1 aliphatic heterocycles. The molecule has 5 aliphatic rings. The zero-order chi connectivity index (χ0) is 20.2. The average molecular weight is 401 g/mol. The Bertz CT molecular complexity index is 677. The number of allylic oxidation sites excluding steroid dienone is 1. The lowest BCUT2D eigenvalue weighted by molar-refractivity contribution is -0.205. The molecule has 162 valence electrons. The van der Waals surface area contributed by atoms with Crippen molar-refractivity contribution < 1.29 is 14.3 Å². The standard InChI is InChI=1S/C26H40O3/c1-17(29-24-6-4-5-15-28-24)21-9-10-22-20-8-7-18-16-19(27)11-13-25(18,2)23(20)12-14-26(21,22)3/h16-17,20-24H,4-15H2,1-3H3. The van der Waals surface area contributed by atoms with E-state index in [1.165, 1.54) is 50.5 Å². The summed E-state index contributed by atoms with van der Waals surface area (Å²) in [7, 11) is 0. The highest BCUT2D eigenvalue weighted by Crippen LogP contribution is 2.67. The van der Waals surface area contributed by atoms with Gasteiger partial charge in [-0.15, -0.1) is 0 Å². The van der Waals surface area contributed by atoms with E-state index >= 15 is 0 Å². The summed E-state index contributed by atoms with van der Waals surface area (Å²) in [5.41, 5.74) is 2.19. The zero-order valence-corrected chi connectivity index (χ0v) is 18.8. The molecule has 1 saturated heterocycles. The molecule has 3 heteroatoms. The van der Waals surface area contributed by atoms with E-state index in [0.717, 1.165) is 50.0 Å². The summed E-state index contributed by atoms with van der Waals surface area (Å²) in [5, 5.41) is 0. The van der Waals surface area contributed by atoms with Crippen LogP contribution in [0.25, 0.3) is 0 Å². The van der Waals surface area contributed by atoms with E-state index in [9.17, 15) is 4.79 Å². The summed E-state index contributed by atoms with van der Waals surface area (Å²) in [6.45, 7) is 8.26. The first-order valence-corrected chi connectivity index (χ1v) is 12.4. The van der Waals surface area contributed by atoms with Gasteiger partial charge < -0.3 is 9.47 Å². The topological polar surface area (TPSA) is 35.5 Å². The average Bonchev–Trinajstić information content (AvgIpc) is 3.06. The second-order valence-corrected chi connectivity index (χ2v) is 11.3. The molecule has 29 heavy (non-hydrogen) atoms. The van der Waals surface area contributed by atoms with Gasteiger partial charge in [0.25, 0.3) is 0 Å². The van der Waals surface area contributed by atoms with Crippen molar-refractivity contribution in [2.24, 2.45) is 34.5 Å². The molecule has 0 radical (unpaired) electrons. The van der Waals surface area contributed by atoms with Gasteiger partial charge in [-0.25, -0.2) is 0 Å². The molecule has 8 unspecified atom stereocenters. The third-order valence-corrected chi connectivity index (χ3v) is 10.1. The molecule has 0 aromatic carbocycles. The molecule has 4 fully saturated rings. The molecule has 0 aromatic heterocycles. The number of carbonyl (C=O) groups is 1. The Morgan fingerprint density at radius 3 is 2.69 bits per heavy atom. The highest BCUT2D eigenvalue weighted by atomic mass is 16.7. The normalized spacial score (nSPS) is 48.3. The molecule has 1 heterocycles. The number of hydrogen-bond acceptors (Lipinski definition) is 3. The second kappa shape index (κ2) is 7.48. The molecule has 5 rings (SSSR count). The fraction of sp³-hybridized carbons (Fsp3) is 0.885. The molecule has 3 saturated carbocycles. The van der Waals surface area contributed by atoms with Gasteiger partial charge in [-0.05, 0) is 112 Å². The molecular weight excluding hydrogens is 360 g/mol. The summed E-state index contributed by atoms with van der Waals surface area (Å²) in [6, 6.07) is 0. The van der Waals surface area contributed by atoms with E-state index in [1.807, 2.05) is 6.08 Å². The molecule has 0 amide bonds. The van der Waals surface area contributed by atoms with Crippen molar-refractivity contribution in [1.82, 2.24) is 0 Å². The van der Waals surface area contributed by atoms with Crippen LogP contribution in [0.2, 0.25) is 0 Å². The lowest BCUT2D eigenvalue weighted by Crippen LogP contribution is -2.51. The third kappa shape index (κ3) is 3.26. The number of fused-ring (bicyclic) bond motifs is 5. The van der Waals surface area contributed by atoms with Crippen LogP contribution >= 0.6 is 0 Å². The molecule has 3 nitrogen and oxygen atoms in total. The summed E-state index contributed by atoms with van der Waals surface area (Å²) < 4.78 is 12.4. The highest BCUT2D eigenvalue weighted by molar-refractivity contribution is 5.91. The maximum absolute atomic E-state index is 12.0. The molecule has 8 atom stereocenters. The van der Waals surface area contributed by atoms with Crippen molar-refractivity contribution in [2.45, 2.75) is 104 Å². The van der Waals surface area contributed by atoms with Crippen molar-refractivity contribution in [2.75, 3.05) is 6.61 Å². The number of carbonyl (C=O) groups excluding carboxylic acids is 1. The fourth-order valence-electron chi connectivity index (χ4n) is 8.52. The van der Waals surface area contributed by atoms with E-state index < -0.39 is 0 Å². The van der Waals surface area contributed by atoms with Crippen molar-refractivity contribution in [1.29, 1.82) is 0 Å². The number of ketones is 1. The Balaban J connectivity index is 1.33. The number of rotatable bonds is 3. The lowest BCUT2D eigenvalue weighted by Gasteiger charge is -2.58. The van der Waals surface area contributed by atoms with E-state index in [2.05, 4.69) is 20.8 Å². The Kier molecular flexibility index (Phi) is 5.22. The smallest absolute Gasteiger partial charge is 0.157 e. The minimum Gasteiger partial charge on any atom is -0.353 e. The van der Waals surface area contributed by atoms with E-state index in [4.69, 9.17) is 9.47 Å². The van der Waals surface area contributed by atoms with Gasteiger partial charge in [0.05, 0.1) is 6.10 Å². The minimum absolute atomic E-state index is 0.0267. The van der Waals surface area contributed by atoms with Gasteiger partial charge in [-0.2, -0.15) is 0 Å². The Hall–Kier alpha value is -0.670. The SMILES string of the molecule is CC(OC1CCCCO1)C1CCC2C3CCC4=CC(=O)CCC4(C)C3CCC12C. The van der Waals surface area contributed by atoms with Crippen LogP contribution < -0.4 is 0 Å². The van der Waals surface area contributed by atoms with Gasteiger partial charge in [-0.1, -0.05) is 19.4 Å². The maximum Gasteiger partial charge on any atom is 0.157 e. The van der Waals surface area contributed by atoms with Gasteiger partial charge in [0.2, 0.25) is 0 Å².